The Hall–Kier alpha value is -1.04. The molecule has 3 nitrogen and oxygen atoms in total. The topological polar surface area (TPSA) is 43.8 Å². The Morgan fingerprint density at radius 1 is 1.53 bits per heavy atom. The Balaban J connectivity index is 2.96. The first-order chi connectivity index (χ1) is 6.86. The van der Waals surface area contributed by atoms with Gasteiger partial charge in [0.25, 0.3) is 0 Å². The monoisotopic (exact) mass is 221 g/mol. The van der Waals surface area contributed by atoms with Crippen LogP contribution in [-0.2, 0) is 13.2 Å². The van der Waals surface area contributed by atoms with Crippen LogP contribution in [0.4, 0.5) is 13.2 Å². The average Bonchev–Trinajstić information content (AvgIpc) is 2.47. The fourth-order valence-corrected chi connectivity index (χ4v) is 1.48. The summed E-state index contributed by atoms with van der Waals surface area (Å²) in [7, 11) is 1.51. The summed E-state index contributed by atoms with van der Waals surface area (Å²) in [6.45, 7) is 2.29. The largest absolute Gasteiger partial charge is 0.435 e. The van der Waals surface area contributed by atoms with Crippen LogP contribution in [0.25, 0.3) is 0 Å². The average molecular weight is 221 g/mol. The third kappa shape index (κ3) is 2.71. The zero-order valence-corrected chi connectivity index (χ0v) is 8.67. The molecule has 1 aromatic heterocycles. The maximum Gasteiger partial charge on any atom is 0.435 e. The van der Waals surface area contributed by atoms with Crippen LogP contribution in [0.5, 0.6) is 0 Å². The molecule has 0 bridgehead atoms. The van der Waals surface area contributed by atoms with Gasteiger partial charge in [0.1, 0.15) is 0 Å². The molecule has 0 radical (unpaired) electrons. The molecular weight excluding hydrogens is 207 g/mol. The van der Waals surface area contributed by atoms with Gasteiger partial charge >= 0.3 is 6.18 Å². The highest BCUT2D eigenvalue weighted by Gasteiger charge is 2.34. The van der Waals surface area contributed by atoms with Gasteiger partial charge in [0, 0.05) is 12.7 Å². The number of nitrogens with zero attached hydrogens (tertiary/aromatic N) is 2. The van der Waals surface area contributed by atoms with Crippen molar-refractivity contribution in [2.24, 2.45) is 12.8 Å². The van der Waals surface area contributed by atoms with Crippen molar-refractivity contribution in [3.8, 4) is 0 Å². The number of halogens is 3. The highest BCUT2D eigenvalue weighted by molar-refractivity contribution is 5.16. The number of rotatable bonds is 3. The molecule has 1 aromatic rings. The second kappa shape index (κ2) is 4.22. The fourth-order valence-electron chi connectivity index (χ4n) is 1.48. The van der Waals surface area contributed by atoms with Crippen molar-refractivity contribution in [3.05, 3.63) is 17.5 Å². The summed E-state index contributed by atoms with van der Waals surface area (Å²) in [5, 5.41) is 3.44. The minimum absolute atomic E-state index is 0.0106. The third-order valence-electron chi connectivity index (χ3n) is 2.31. The molecule has 1 unspecified atom stereocenters. The Bertz CT molecular complexity index is 330. The molecule has 15 heavy (non-hydrogen) atoms. The Morgan fingerprint density at radius 3 is 2.53 bits per heavy atom. The third-order valence-corrected chi connectivity index (χ3v) is 2.31. The molecule has 6 heteroatoms. The van der Waals surface area contributed by atoms with E-state index in [4.69, 9.17) is 5.73 Å². The first kappa shape index (κ1) is 12.0. The number of nitrogens with two attached hydrogens (primary N) is 1. The zero-order valence-electron chi connectivity index (χ0n) is 8.67. The SMILES string of the molecule is CC(CCN)c1cc(C(F)(F)F)nn1C. The molecule has 0 saturated carbocycles. The molecular formula is C9H14F3N3. The van der Waals surface area contributed by atoms with Crippen molar-refractivity contribution in [2.75, 3.05) is 6.54 Å². The van der Waals surface area contributed by atoms with Crippen molar-refractivity contribution in [1.82, 2.24) is 9.78 Å². The van der Waals surface area contributed by atoms with Crippen LogP contribution in [0, 0.1) is 0 Å². The highest BCUT2D eigenvalue weighted by Crippen LogP contribution is 2.30. The van der Waals surface area contributed by atoms with Crippen LogP contribution in [0.15, 0.2) is 6.07 Å². The van der Waals surface area contributed by atoms with Crippen molar-refractivity contribution < 1.29 is 13.2 Å². The van der Waals surface area contributed by atoms with Crippen LogP contribution < -0.4 is 5.73 Å². The smallest absolute Gasteiger partial charge is 0.330 e. The van der Waals surface area contributed by atoms with Crippen LogP contribution in [-0.4, -0.2) is 16.3 Å². The van der Waals surface area contributed by atoms with E-state index in [0.717, 1.165) is 6.07 Å². The van der Waals surface area contributed by atoms with Gasteiger partial charge in [-0.1, -0.05) is 6.92 Å². The molecule has 1 rings (SSSR count). The maximum absolute atomic E-state index is 12.3. The molecule has 0 spiro atoms. The summed E-state index contributed by atoms with van der Waals surface area (Å²) >= 11 is 0. The van der Waals surface area contributed by atoms with Crippen LogP contribution in [0.1, 0.15) is 30.7 Å². The summed E-state index contributed by atoms with van der Waals surface area (Å²) in [6.07, 6.45) is -3.73. The lowest BCUT2D eigenvalue weighted by atomic mass is 10.0. The minimum atomic E-state index is -4.38. The van der Waals surface area contributed by atoms with Crippen LogP contribution in [0.3, 0.4) is 0 Å². The summed E-state index contributed by atoms with van der Waals surface area (Å²) in [5.74, 6) is -0.0106. The van der Waals surface area contributed by atoms with Gasteiger partial charge in [0.15, 0.2) is 5.69 Å². The first-order valence-electron chi connectivity index (χ1n) is 4.67. The van der Waals surface area contributed by atoms with Crippen molar-refractivity contribution in [1.29, 1.82) is 0 Å². The van der Waals surface area contributed by atoms with Crippen LogP contribution in [0.2, 0.25) is 0 Å². The number of aryl methyl sites for hydroxylation is 1. The molecule has 1 heterocycles. The summed E-state index contributed by atoms with van der Waals surface area (Å²) in [4.78, 5) is 0. The maximum atomic E-state index is 12.3. The van der Waals surface area contributed by atoms with Gasteiger partial charge in [0.05, 0.1) is 0 Å². The quantitative estimate of drug-likeness (QED) is 0.847. The van der Waals surface area contributed by atoms with Crippen molar-refractivity contribution >= 4 is 0 Å². The van der Waals surface area contributed by atoms with E-state index in [1.54, 1.807) is 0 Å². The zero-order chi connectivity index (χ0) is 11.6. The Morgan fingerprint density at radius 2 is 2.13 bits per heavy atom. The van der Waals surface area contributed by atoms with E-state index < -0.39 is 11.9 Å². The predicted molar refractivity (Wildman–Crippen MR) is 50.3 cm³/mol. The molecule has 86 valence electrons. The molecule has 1 atom stereocenters. The van der Waals surface area contributed by atoms with Gasteiger partial charge in [-0.2, -0.15) is 18.3 Å². The van der Waals surface area contributed by atoms with Crippen LogP contribution >= 0.6 is 0 Å². The molecule has 0 aromatic carbocycles. The Labute approximate surface area is 86.1 Å². The van der Waals surface area contributed by atoms with E-state index in [-0.39, 0.29) is 5.92 Å². The minimum Gasteiger partial charge on any atom is -0.330 e. The van der Waals surface area contributed by atoms with Crippen molar-refractivity contribution in [3.63, 3.8) is 0 Å². The fraction of sp³-hybridized carbons (Fsp3) is 0.667. The number of hydrogen-bond donors (Lipinski definition) is 1. The van der Waals surface area contributed by atoms with Gasteiger partial charge in [-0.05, 0) is 24.9 Å². The molecule has 0 fully saturated rings. The normalized spacial score (nSPS) is 14.3. The molecule has 0 amide bonds. The standard InChI is InChI=1S/C9H14F3N3/c1-6(3-4-13)7-5-8(9(10,11)12)14-15(7)2/h5-6H,3-4,13H2,1-2H3. The molecule has 0 aliphatic carbocycles. The summed E-state index contributed by atoms with van der Waals surface area (Å²) in [5.41, 5.74) is 5.08. The lowest BCUT2D eigenvalue weighted by molar-refractivity contribution is -0.141. The molecule has 0 saturated heterocycles. The second-order valence-corrected chi connectivity index (χ2v) is 3.55. The van der Waals surface area contributed by atoms with Gasteiger partial charge in [-0.3, -0.25) is 4.68 Å². The van der Waals surface area contributed by atoms with E-state index in [1.807, 2.05) is 6.92 Å². The Kier molecular flexibility index (Phi) is 3.38. The number of aromatic nitrogens is 2. The second-order valence-electron chi connectivity index (χ2n) is 3.55. The van der Waals surface area contributed by atoms with Gasteiger partial charge in [0.2, 0.25) is 0 Å². The summed E-state index contributed by atoms with van der Waals surface area (Å²) < 4.78 is 38.3. The van der Waals surface area contributed by atoms with E-state index in [1.165, 1.54) is 11.7 Å². The van der Waals surface area contributed by atoms with E-state index >= 15 is 0 Å². The highest BCUT2D eigenvalue weighted by atomic mass is 19.4. The number of hydrogen-bond acceptors (Lipinski definition) is 2. The molecule has 2 N–H and O–H groups in total. The number of alkyl halides is 3. The van der Waals surface area contributed by atoms with E-state index in [0.29, 0.717) is 18.7 Å². The predicted octanol–water partition coefficient (Wildman–Crippen LogP) is 1.89. The molecule has 0 aliphatic heterocycles. The van der Waals surface area contributed by atoms with E-state index in [9.17, 15) is 13.2 Å². The molecule has 0 aliphatic rings. The lowest BCUT2D eigenvalue weighted by Crippen LogP contribution is -2.08. The first-order valence-corrected chi connectivity index (χ1v) is 4.67. The van der Waals surface area contributed by atoms with E-state index in [2.05, 4.69) is 5.10 Å². The van der Waals surface area contributed by atoms with Crippen molar-refractivity contribution in [2.45, 2.75) is 25.4 Å². The lowest BCUT2D eigenvalue weighted by Gasteiger charge is -2.09. The summed E-state index contributed by atoms with van der Waals surface area (Å²) in [6, 6.07) is 1.08. The van der Waals surface area contributed by atoms with Gasteiger partial charge in [-0.15, -0.1) is 0 Å². The van der Waals surface area contributed by atoms with Gasteiger partial charge < -0.3 is 5.73 Å². The van der Waals surface area contributed by atoms with Gasteiger partial charge in [-0.25, -0.2) is 0 Å².